The van der Waals surface area contributed by atoms with E-state index in [0.717, 1.165) is 9.88 Å². The molecule has 3 atom stereocenters. The fraction of sp³-hybridized carbons (Fsp3) is 0.304. The Balaban J connectivity index is 1.55. The second kappa shape index (κ2) is 9.42. The van der Waals surface area contributed by atoms with Crippen molar-refractivity contribution in [2.24, 2.45) is 0 Å². The maximum Gasteiger partial charge on any atom is 0.271 e. The summed E-state index contributed by atoms with van der Waals surface area (Å²) < 4.78 is 5.39. The van der Waals surface area contributed by atoms with Crippen molar-refractivity contribution in [3.63, 3.8) is 0 Å². The number of hydrogen-bond donors (Lipinski definition) is 3. The number of thiazole rings is 1. The van der Waals surface area contributed by atoms with Gasteiger partial charge in [0, 0.05) is 11.8 Å². The minimum atomic E-state index is -1.19. The topological polar surface area (TPSA) is 118 Å². The first-order valence-electron chi connectivity index (χ1n) is 10.3. The number of phenolic OH excluding ortho intramolecular Hbond substituents is 1. The van der Waals surface area contributed by atoms with Crippen LogP contribution < -0.4 is 10.6 Å². The zero-order valence-corrected chi connectivity index (χ0v) is 19.7. The van der Waals surface area contributed by atoms with Gasteiger partial charge in [-0.05, 0) is 43.0 Å². The van der Waals surface area contributed by atoms with Crippen LogP contribution in [-0.4, -0.2) is 52.0 Å². The lowest BCUT2D eigenvalue weighted by molar-refractivity contribution is -0.130. The summed E-state index contributed by atoms with van der Waals surface area (Å²) in [5.41, 5.74) is -0.330. The van der Waals surface area contributed by atoms with Gasteiger partial charge >= 0.3 is 0 Å². The van der Waals surface area contributed by atoms with E-state index >= 15 is 0 Å². The van der Waals surface area contributed by atoms with Crippen molar-refractivity contribution in [3.8, 4) is 15.6 Å². The Morgan fingerprint density at radius 1 is 1.30 bits per heavy atom. The summed E-state index contributed by atoms with van der Waals surface area (Å²) in [5.74, 6) is -1.20. The molecule has 0 saturated carbocycles. The lowest BCUT2D eigenvalue weighted by Gasteiger charge is -2.29. The van der Waals surface area contributed by atoms with Gasteiger partial charge in [-0.2, -0.15) is 0 Å². The van der Waals surface area contributed by atoms with E-state index < -0.39 is 29.5 Å². The average molecular weight is 486 g/mol. The number of phenols is 1. The number of rotatable bonds is 7. The lowest BCUT2D eigenvalue weighted by Crippen LogP contribution is -2.60. The molecule has 0 bridgehead atoms. The number of Topliss-reactive ketones (excluding diaryl/α,β-unsaturated/α-hetero) is 1. The smallest absolute Gasteiger partial charge is 0.271 e. The van der Waals surface area contributed by atoms with E-state index in [1.54, 1.807) is 31.4 Å². The summed E-state index contributed by atoms with van der Waals surface area (Å²) in [6.45, 7) is 3.26. The summed E-state index contributed by atoms with van der Waals surface area (Å²) in [4.78, 5) is 43.9. The first kappa shape index (κ1) is 23.1. The second-order valence-electron chi connectivity index (χ2n) is 7.98. The number of carbonyl (C=O) groups excluding carboxylic acids is 3. The van der Waals surface area contributed by atoms with E-state index in [1.807, 2.05) is 17.5 Å². The molecule has 1 aliphatic heterocycles. The number of ketones is 1. The Morgan fingerprint density at radius 3 is 2.79 bits per heavy atom. The maximum absolute atomic E-state index is 13.2. The van der Waals surface area contributed by atoms with E-state index in [-0.39, 0.29) is 30.3 Å². The van der Waals surface area contributed by atoms with Gasteiger partial charge in [0.05, 0.1) is 11.0 Å². The summed E-state index contributed by atoms with van der Waals surface area (Å²) in [6.07, 6.45) is -0.383. The van der Waals surface area contributed by atoms with Crippen LogP contribution in [0.3, 0.4) is 0 Å². The normalized spacial score (nSPS) is 21.0. The molecule has 1 fully saturated rings. The van der Waals surface area contributed by atoms with Crippen molar-refractivity contribution < 1.29 is 24.2 Å². The number of nitrogens with one attached hydrogen (secondary N) is 2. The van der Waals surface area contributed by atoms with Crippen LogP contribution in [0.15, 0.2) is 47.2 Å². The Bertz CT molecular complexity index is 1180. The van der Waals surface area contributed by atoms with Crippen LogP contribution in [-0.2, 0) is 20.7 Å². The Hall–Kier alpha value is -3.08. The van der Waals surface area contributed by atoms with Crippen LogP contribution >= 0.6 is 22.7 Å². The first-order valence-corrected chi connectivity index (χ1v) is 12.1. The Morgan fingerprint density at radius 2 is 2.12 bits per heavy atom. The van der Waals surface area contributed by atoms with Gasteiger partial charge in [-0.1, -0.05) is 18.2 Å². The van der Waals surface area contributed by atoms with Gasteiger partial charge in [0.1, 0.15) is 34.6 Å². The van der Waals surface area contributed by atoms with Crippen molar-refractivity contribution in [1.82, 2.24) is 15.6 Å². The van der Waals surface area contributed by atoms with Crippen LogP contribution in [0.25, 0.3) is 9.88 Å². The van der Waals surface area contributed by atoms with Crippen molar-refractivity contribution in [1.29, 1.82) is 0 Å². The summed E-state index contributed by atoms with van der Waals surface area (Å²) in [5, 5.41) is 19.6. The quantitative estimate of drug-likeness (QED) is 0.474. The zero-order chi connectivity index (χ0) is 23.6. The van der Waals surface area contributed by atoms with E-state index in [4.69, 9.17) is 4.74 Å². The minimum absolute atomic E-state index is 0.0537. The van der Waals surface area contributed by atoms with Crippen LogP contribution in [0, 0.1) is 0 Å². The Kier molecular flexibility index (Phi) is 6.59. The van der Waals surface area contributed by atoms with Crippen molar-refractivity contribution in [3.05, 3.63) is 58.4 Å². The molecular formula is C23H23N3O5S2. The molecule has 0 spiro atoms. The molecule has 4 rings (SSSR count). The fourth-order valence-electron chi connectivity index (χ4n) is 3.51. The molecule has 0 radical (unpaired) electrons. The predicted molar refractivity (Wildman–Crippen MR) is 125 cm³/mol. The minimum Gasteiger partial charge on any atom is -0.508 e. The van der Waals surface area contributed by atoms with Crippen LogP contribution in [0.2, 0.25) is 0 Å². The molecule has 33 heavy (non-hydrogen) atoms. The van der Waals surface area contributed by atoms with Crippen molar-refractivity contribution in [2.75, 3.05) is 6.61 Å². The number of hydrogen-bond acceptors (Lipinski definition) is 8. The van der Waals surface area contributed by atoms with Gasteiger partial charge in [0.25, 0.3) is 5.91 Å². The number of nitrogens with zero attached hydrogens (tertiary/aromatic N) is 1. The monoisotopic (exact) mass is 485 g/mol. The average Bonchev–Trinajstić information content (AvgIpc) is 3.52. The van der Waals surface area contributed by atoms with Gasteiger partial charge in [0.2, 0.25) is 5.91 Å². The highest BCUT2D eigenvalue weighted by molar-refractivity contribution is 7.20. The zero-order valence-electron chi connectivity index (χ0n) is 18.0. The third kappa shape index (κ3) is 4.97. The number of ether oxygens (including phenoxy) is 1. The van der Waals surface area contributed by atoms with Gasteiger partial charge in [-0.25, -0.2) is 4.98 Å². The van der Waals surface area contributed by atoms with Gasteiger partial charge < -0.3 is 20.5 Å². The van der Waals surface area contributed by atoms with Gasteiger partial charge in [0.15, 0.2) is 5.78 Å². The molecular weight excluding hydrogens is 462 g/mol. The molecule has 3 unspecified atom stereocenters. The van der Waals surface area contributed by atoms with Crippen LogP contribution in [0.5, 0.6) is 5.75 Å². The summed E-state index contributed by atoms with van der Waals surface area (Å²) in [6, 6.07) is 9.29. The first-order chi connectivity index (χ1) is 15.8. The summed E-state index contributed by atoms with van der Waals surface area (Å²) >= 11 is 2.87. The third-order valence-electron chi connectivity index (χ3n) is 5.68. The van der Waals surface area contributed by atoms with Gasteiger partial charge in [-0.15, -0.1) is 22.7 Å². The van der Waals surface area contributed by atoms with Crippen LogP contribution in [0.4, 0.5) is 0 Å². The van der Waals surface area contributed by atoms with E-state index in [0.29, 0.717) is 5.56 Å². The van der Waals surface area contributed by atoms with E-state index in [2.05, 4.69) is 15.6 Å². The van der Waals surface area contributed by atoms with Crippen molar-refractivity contribution in [2.45, 2.75) is 38.0 Å². The second-order valence-corrected chi connectivity index (χ2v) is 9.79. The summed E-state index contributed by atoms with van der Waals surface area (Å²) in [7, 11) is 0. The molecule has 3 aromatic rings. The number of carbonyl (C=O) groups is 3. The number of thiophene rings is 1. The molecule has 10 heteroatoms. The van der Waals surface area contributed by atoms with E-state index in [1.165, 1.54) is 34.8 Å². The molecule has 8 nitrogen and oxygen atoms in total. The van der Waals surface area contributed by atoms with E-state index in [9.17, 15) is 19.5 Å². The van der Waals surface area contributed by atoms with Crippen molar-refractivity contribution >= 4 is 40.3 Å². The molecule has 3 heterocycles. The highest BCUT2D eigenvalue weighted by atomic mass is 32.1. The lowest BCUT2D eigenvalue weighted by atomic mass is 9.92. The highest BCUT2D eigenvalue weighted by Gasteiger charge is 2.47. The predicted octanol–water partition coefficient (Wildman–Crippen LogP) is 2.78. The SMILES string of the molecule is CC1OCC(=O)C1(C)NC(=O)C(Cc1cccc(O)c1)NC(=O)c1csc(-c2cccs2)n1. The third-order valence-corrected chi connectivity index (χ3v) is 7.56. The number of aromatic nitrogens is 1. The molecule has 2 amide bonds. The standard InChI is InChI=1S/C23H23N3O5S2/c1-13-23(2,19(28)11-31-13)26-21(30)16(10-14-5-3-6-15(27)9-14)24-20(29)17-12-33-22(25-17)18-7-4-8-32-18/h3-9,12-13,16,27H,10-11H2,1-2H3,(H,24,29)(H,26,30). The molecule has 172 valence electrons. The molecule has 2 aromatic heterocycles. The van der Waals surface area contributed by atoms with Gasteiger partial charge in [-0.3, -0.25) is 14.4 Å². The highest BCUT2D eigenvalue weighted by Crippen LogP contribution is 2.28. The van der Waals surface area contributed by atoms with Crippen LogP contribution in [0.1, 0.15) is 29.9 Å². The number of aromatic hydroxyl groups is 1. The fourth-order valence-corrected chi connectivity index (χ4v) is 5.12. The molecule has 1 saturated heterocycles. The largest absolute Gasteiger partial charge is 0.508 e. The molecule has 0 aliphatic carbocycles. The number of amides is 2. The number of benzene rings is 1. The molecule has 1 aliphatic rings. The Labute approximate surface area is 198 Å². The molecule has 1 aromatic carbocycles. The molecule has 3 N–H and O–H groups in total. The maximum atomic E-state index is 13.2.